The van der Waals surface area contributed by atoms with Crippen molar-refractivity contribution in [2.45, 2.75) is 19.5 Å². The van der Waals surface area contributed by atoms with Crippen molar-refractivity contribution in [3.63, 3.8) is 0 Å². The molecule has 7 heteroatoms. The quantitative estimate of drug-likeness (QED) is 0.816. The zero-order valence-corrected chi connectivity index (χ0v) is 16.0. The molecule has 0 radical (unpaired) electrons. The average Bonchev–Trinajstić information content (AvgIpc) is 3.37. The van der Waals surface area contributed by atoms with E-state index in [1.807, 2.05) is 24.3 Å². The molecule has 1 N–H and O–H groups in total. The first-order chi connectivity index (χ1) is 14.0. The minimum atomic E-state index is -0.366. The number of fused-ring (bicyclic) bond motifs is 1. The number of hydrogen-bond donors (Lipinski definition) is 1. The van der Waals surface area contributed by atoms with Gasteiger partial charge in [0, 0.05) is 25.7 Å². The largest absolute Gasteiger partial charge is 0.355 e. The van der Waals surface area contributed by atoms with Gasteiger partial charge in [-0.15, -0.1) is 0 Å². The number of nitrogens with one attached hydrogen (secondary N) is 1. The lowest BCUT2D eigenvalue weighted by Gasteiger charge is -2.22. The third-order valence-electron chi connectivity index (χ3n) is 5.55. The molecule has 2 amide bonds. The molecule has 1 fully saturated rings. The summed E-state index contributed by atoms with van der Waals surface area (Å²) in [4.78, 5) is 27.6. The number of hydrogen-bond acceptors (Lipinski definition) is 5. The molecule has 0 saturated carbocycles. The van der Waals surface area contributed by atoms with E-state index in [9.17, 15) is 14.9 Å². The number of anilines is 1. The topological polar surface area (TPSA) is 100 Å². The van der Waals surface area contributed by atoms with Crippen molar-refractivity contribution >= 4 is 17.5 Å². The molecule has 0 spiro atoms. The molecular weight excluding hydrogens is 366 g/mol. The maximum Gasteiger partial charge on any atom is 0.232 e. The second-order valence-corrected chi connectivity index (χ2v) is 7.38. The van der Waals surface area contributed by atoms with E-state index in [-0.39, 0.29) is 24.2 Å². The van der Waals surface area contributed by atoms with Crippen LogP contribution in [0.4, 0.5) is 5.69 Å². The Balaban J connectivity index is 1.74. The summed E-state index contributed by atoms with van der Waals surface area (Å²) in [6.07, 6.45) is 2.40. The molecule has 1 saturated heterocycles. The van der Waals surface area contributed by atoms with Crippen molar-refractivity contribution in [2.24, 2.45) is 5.92 Å². The second kappa shape index (κ2) is 7.29. The van der Waals surface area contributed by atoms with Crippen LogP contribution in [0.15, 0.2) is 36.4 Å². The van der Waals surface area contributed by atoms with Crippen molar-refractivity contribution in [3.8, 4) is 23.4 Å². The summed E-state index contributed by atoms with van der Waals surface area (Å²) in [5.74, 6) is -0.576. The highest BCUT2D eigenvalue weighted by Crippen LogP contribution is 2.37. The maximum atomic E-state index is 12.9. The van der Waals surface area contributed by atoms with Crippen LogP contribution in [0.1, 0.15) is 23.1 Å². The number of rotatable bonds is 3. The highest BCUT2D eigenvalue weighted by atomic mass is 16.2. The highest BCUT2D eigenvalue weighted by Gasteiger charge is 2.31. The van der Waals surface area contributed by atoms with Gasteiger partial charge < -0.3 is 15.1 Å². The summed E-state index contributed by atoms with van der Waals surface area (Å²) < 4.78 is 0. The third-order valence-corrected chi connectivity index (χ3v) is 5.55. The lowest BCUT2D eigenvalue weighted by molar-refractivity contribution is -0.124. The molecule has 2 aliphatic rings. The van der Waals surface area contributed by atoms with Gasteiger partial charge in [-0.05, 0) is 46.5 Å². The molecule has 2 heterocycles. The van der Waals surface area contributed by atoms with Crippen LogP contribution in [-0.4, -0.2) is 30.3 Å². The van der Waals surface area contributed by atoms with Gasteiger partial charge in [0.2, 0.25) is 11.8 Å². The van der Waals surface area contributed by atoms with Gasteiger partial charge >= 0.3 is 0 Å². The van der Waals surface area contributed by atoms with E-state index in [4.69, 9.17) is 5.26 Å². The lowest BCUT2D eigenvalue weighted by atomic mass is 9.95. The second-order valence-electron chi connectivity index (χ2n) is 7.38. The first-order valence-corrected chi connectivity index (χ1v) is 9.35. The average molecular weight is 385 g/mol. The Bertz CT molecular complexity index is 1080. The Morgan fingerprint density at radius 3 is 2.59 bits per heavy atom. The van der Waals surface area contributed by atoms with Gasteiger partial charge in [-0.25, -0.2) is 0 Å². The van der Waals surface area contributed by atoms with Crippen molar-refractivity contribution in [2.75, 3.05) is 18.5 Å². The van der Waals surface area contributed by atoms with Crippen LogP contribution in [0.3, 0.4) is 0 Å². The number of amides is 2. The van der Waals surface area contributed by atoms with E-state index < -0.39 is 0 Å². The SMILES string of the molecule is CN(C(=O)C1CNC(=O)C1)c1cc2c(c(-c3ccc(C#N)cc3)c1)CN(C#N)C2. The fourth-order valence-corrected chi connectivity index (χ4v) is 3.92. The van der Waals surface area contributed by atoms with Crippen molar-refractivity contribution in [1.82, 2.24) is 10.2 Å². The predicted molar refractivity (Wildman–Crippen MR) is 106 cm³/mol. The number of nitrogens with zero attached hydrogens (tertiary/aromatic N) is 4. The molecule has 1 unspecified atom stereocenters. The van der Waals surface area contributed by atoms with Crippen LogP contribution in [0.2, 0.25) is 0 Å². The van der Waals surface area contributed by atoms with Crippen molar-refractivity contribution < 1.29 is 9.59 Å². The molecule has 7 nitrogen and oxygen atoms in total. The molecule has 29 heavy (non-hydrogen) atoms. The van der Waals surface area contributed by atoms with E-state index in [1.165, 1.54) is 0 Å². The molecular formula is C22H19N5O2. The van der Waals surface area contributed by atoms with Gasteiger partial charge in [0.25, 0.3) is 0 Å². The summed E-state index contributed by atoms with van der Waals surface area (Å²) in [7, 11) is 1.71. The molecule has 1 atom stereocenters. The lowest BCUT2D eigenvalue weighted by Crippen LogP contribution is -2.34. The Hall–Kier alpha value is -3.84. The summed E-state index contributed by atoms with van der Waals surface area (Å²) >= 11 is 0. The zero-order chi connectivity index (χ0) is 20.5. The van der Waals surface area contributed by atoms with Crippen LogP contribution in [0.5, 0.6) is 0 Å². The zero-order valence-electron chi connectivity index (χ0n) is 16.0. The fraction of sp³-hybridized carbons (Fsp3) is 0.273. The minimum Gasteiger partial charge on any atom is -0.355 e. The summed E-state index contributed by atoms with van der Waals surface area (Å²) in [5, 5.41) is 21.1. The summed E-state index contributed by atoms with van der Waals surface area (Å²) in [5.41, 5.74) is 5.24. The van der Waals surface area contributed by atoms with Gasteiger partial charge in [-0.3, -0.25) is 9.59 Å². The Kier molecular flexibility index (Phi) is 4.66. The van der Waals surface area contributed by atoms with Crippen LogP contribution in [-0.2, 0) is 22.7 Å². The number of benzene rings is 2. The smallest absolute Gasteiger partial charge is 0.232 e. The molecule has 144 valence electrons. The maximum absolute atomic E-state index is 12.9. The monoisotopic (exact) mass is 385 g/mol. The normalized spacial score (nSPS) is 17.3. The first-order valence-electron chi connectivity index (χ1n) is 9.35. The fourth-order valence-electron chi connectivity index (χ4n) is 3.92. The van der Waals surface area contributed by atoms with E-state index in [0.29, 0.717) is 25.2 Å². The van der Waals surface area contributed by atoms with Gasteiger partial charge in [0.05, 0.1) is 30.6 Å². The molecule has 2 aromatic carbocycles. The van der Waals surface area contributed by atoms with E-state index in [0.717, 1.165) is 27.9 Å². The highest BCUT2D eigenvalue weighted by molar-refractivity contribution is 5.99. The molecule has 2 aliphatic heterocycles. The van der Waals surface area contributed by atoms with E-state index in [2.05, 4.69) is 17.6 Å². The van der Waals surface area contributed by atoms with Crippen LogP contribution in [0, 0.1) is 28.7 Å². The molecule has 4 rings (SSSR count). The Morgan fingerprint density at radius 1 is 1.21 bits per heavy atom. The van der Waals surface area contributed by atoms with Crippen molar-refractivity contribution in [1.29, 1.82) is 10.5 Å². The number of nitriles is 2. The van der Waals surface area contributed by atoms with E-state index in [1.54, 1.807) is 29.0 Å². The number of carbonyl (C=O) groups is 2. The summed E-state index contributed by atoms with van der Waals surface area (Å²) in [6, 6.07) is 13.3. The summed E-state index contributed by atoms with van der Waals surface area (Å²) in [6.45, 7) is 1.37. The third kappa shape index (κ3) is 3.39. The molecule has 0 bridgehead atoms. The first kappa shape index (κ1) is 18.5. The van der Waals surface area contributed by atoms with Gasteiger partial charge in [0.1, 0.15) is 0 Å². The Morgan fingerprint density at radius 2 is 1.97 bits per heavy atom. The van der Waals surface area contributed by atoms with Gasteiger partial charge in [-0.1, -0.05) is 12.1 Å². The minimum absolute atomic E-state index is 0.103. The molecule has 0 aromatic heterocycles. The Labute approximate surface area is 168 Å². The van der Waals surface area contributed by atoms with E-state index >= 15 is 0 Å². The number of carbonyl (C=O) groups excluding carboxylic acids is 2. The van der Waals surface area contributed by atoms with Crippen LogP contribution in [0.25, 0.3) is 11.1 Å². The van der Waals surface area contributed by atoms with Crippen LogP contribution >= 0.6 is 0 Å². The standard InChI is InChI=1S/C22H19N5O2/c1-26(22(29)16-7-21(28)25-10-16)18-6-17-11-27(13-24)12-20(17)19(8-18)15-4-2-14(9-23)3-5-15/h2-6,8,16H,7,10-12H2,1H3,(H,25,28). The molecule has 2 aromatic rings. The molecule has 0 aliphatic carbocycles. The predicted octanol–water partition coefficient (Wildman–Crippen LogP) is 2.12. The van der Waals surface area contributed by atoms with Crippen LogP contribution < -0.4 is 10.2 Å². The van der Waals surface area contributed by atoms with Crippen molar-refractivity contribution in [3.05, 3.63) is 53.1 Å². The van der Waals surface area contributed by atoms with Gasteiger partial charge in [-0.2, -0.15) is 10.5 Å². The van der Waals surface area contributed by atoms with Gasteiger partial charge in [0.15, 0.2) is 6.19 Å².